The monoisotopic (exact) mass is 709 g/mol. The van der Waals surface area contributed by atoms with Crippen molar-refractivity contribution >= 4 is 35.7 Å². The summed E-state index contributed by atoms with van der Waals surface area (Å²) in [5.41, 5.74) is 5.86. The fourth-order valence-electron chi connectivity index (χ4n) is 6.94. The van der Waals surface area contributed by atoms with Gasteiger partial charge in [-0.25, -0.2) is 4.79 Å². The van der Waals surface area contributed by atoms with Crippen molar-refractivity contribution in [2.45, 2.75) is 122 Å². The maximum absolute atomic E-state index is 13.8. The van der Waals surface area contributed by atoms with E-state index in [0.29, 0.717) is 32.4 Å². The number of carbonyl (C=O) groups excluding carboxylic acids is 6. The SMILES string of the molecule is CC(=O)OC1C[C@@H](C(N)=O)N(C(=O)C(CCCCC/C=C\[C@@H]2C[C@@H]2C(=O)N2CCC[C@@H]2C(=O)NCc2ccccc2)N(C)C(=O)OC(C)(C)C)C1. The summed E-state index contributed by atoms with van der Waals surface area (Å²) in [6, 6.07) is 7.45. The number of allylic oxidation sites excluding steroid dienone is 2. The van der Waals surface area contributed by atoms with Crippen LogP contribution in [0.2, 0.25) is 0 Å². The van der Waals surface area contributed by atoms with Gasteiger partial charge in [0.1, 0.15) is 29.8 Å². The summed E-state index contributed by atoms with van der Waals surface area (Å²) in [5, 5.41) is 2.99. The van der Waals surface area contributed by atoms with E-state index in [2.05, 4.69) is 17.5 Å². The number of unbranched alkanes of at least 4 members (excludes halogenated alkanes) is 3. The van der Waals surface area contributed by atoms with E-state index < -0.39 is 53.7 Å². The van der Waals surface area contributed by atoms with Gasteiger partial charge in [-0.2, -0.15) is 0 Å². The third kappa shape index (κ3) is 11.3. The molecule has 3 aliphatic rings. The molecule has 5 amide bonds. The second kappa shape index (κ2) is 17.7. The highest BCUT2D eigenvalue weighted by Gasteiger charge is 2.47. The summed E-state index contributed by atoms with van der Waals surface area (Å²) in [6.45, 7) is 7.55. The number of primary amides is 1. The van der Waals surface area contributed by atoms with E-state index in [1.165, 1.54) is 23.8 Å². The Kier molecular flexibility index (Phi) is 13.6. The zero-order valence-corrected chi connectivity index (χ0v) is 30.7. The summed E-state index contributed by atoms with van der Waals surface area (Å²) < 4.78 is 10.8. The normalized spacial score (nSPS) is 23.5. The van der Waals surface area contributed by atoms with E-state index in [1.54, 1.807) is 25.7 Å². The van der Waals surface area contributed by atoms with Gasteiger partial charge in [0.2, 0.25) is 23.6 Å². The summed E-state index contributed by atoms with van der Waals surface area (Å²) >= 11 is 0. The molecule has 0 radical (unpaired) electrons. The van der Waals surface area contributed by atoms with Gasteiger partial charge in [-0.1, -0.05) is 55.3 Å². The fourth-order valence-corrected chi connectivity index (χ4v) is 6.94. The predicted octanol–water partition coefficient (Wildman–Crippen LogP) is 3.69. The molecule has 3 fully saturated rings. The minimum absolute atomic E-state index is 0.0139. The second-order valence-electron chi connectivity index (χ2n) is 14.9. The van der Waals surface area contributed by atoms with E-state index in [1.807, 2.05) is 30.3 Å². The van der Waals surface area contributed by atoms with Crippen LogP contribution in [-0.2, 0) is 40.0 Å². The summed E-state index contributed by atoms with van der Waals surface area (Å²) in [6.07, 6.45) is 8.66. The maximum atomic E-state index is 13.8. The number of carbonyl (C=O) groups is 6. The molecular weight excluding hydrogens is 654 g/mol. The van der Waals surface area contributed by atoms with Crippen molar-refractivity contribution in [1.29, 1.82) is 0 Å². The van der Waals surface area contributed by atoms with Gasteiger partial charge < -0.3 is 30.3 Å². The molecule has 13 nitrogen and oxygen atoms in total. The molecule has 1 aliphatic carbocycles. The molecule has 0 spiro atoms. The number of amides is 5. The van der Waals surface area contributed by atoms with Crippen LogP contribution < -0.4 is 11.1 Å². The van der Waals surface area contributed by atoms with E-state index in [-0.39, 0.29) is 36.6 Å². The minimum Gasteiger partial charge on any atom is -0.461 e. The number of ether oxygens (including phenoxy) is 2. The lowest BCUT2D eigenvalue weighted by atomic mass is 10.0. The molecule has 1 aromatic carbocycles. The van der Waals surface area contributed by atoms with Crippen LogP contribution in [0.4, 0.5) is 4.79 Å². The first-order valence-corrected chi connectivity index (χ1v) is 18.2. The van der Waals surface area contributed by atoms with E-state index in [9.17, 15) is 28.8 Å². The maximum Gasteiger partial charge on any atom is 0.410 e. The Hall–Kier alpha value is -4.42. The van der Waals surface area contributed by atoms with Crippen molar-refractivity contribution in [3.63, 3.8) is 0 Å². The molecule has 0 aromatic heterocycles. The molecule has 2 aliphatic heterocycles. The van der Waals surface area contributed by atoms with Gasteiger partial charge >= 0.3 is 12.1 Å². The number of likely N-dealkylation sites (N-methyl/N-ethyl adjacent to an activating group) is 1. The van der Waals surface area contributed by atoms with Gasteiger partial charge in [-0.15, -0.1) is 0 Å². The topological polar surface area (TPSA) is 169 Å². The lowest BCUT2D eigenvalue weighted by molar-refractivity contribution is -0.147. The van der Waals surface area contributed by atoms with Gasteiger partial charge in [0.15, 0.2) is 0 Å². The van der Waals surface area contributed by atoms with Crippen molar-refractivity contribution in [2.75, 3.05) is 20.1 Å². The van der Waals surface area contributed by atoms with Crippen LogP contribution in [0, 0.1) is 11.8 Å². The Labute approximate surface area is 301 Å². The average Bonchev–Trinajstić information content (AvgIpc) is 3.44. The molecule has 2 saturated heterocycles. The van der Waals surface area contributed by atoms with Crippen LogP contribution in [0.15, 0.2) is 42.5 Å². The number of esters is 1. The smallest absolute Gasteiger partial charge is 0.410 e. The number of hydrogen-bond acceptors (Lipinski definition) is 8. The average molecular weight is 710 g/mol. The molecule has 51 heavy (non-hydrogen) atoms. The first-order chi connectivity index (χ1) is 24.2. The molecule has 0 bridgehead atoms. The molecule has 6 atom stereocenters. The second-order valence-corrected chi connectivity index (χ2v) is 14.9. The number of hydrogen-bond donors (Lipinski definition) is 2. The van der Waals surface area contributed by atoms with Gasteiger partial charge in [-0.3, -0.25) is 28.9 Å². The van der Waals surface area contributed by atoms with Gasteiger partial charge in [0.05, 0.1) is 6.54 Å². The summed E-state index contributed by atoms with van der Waals surface area (Å²) in [7, 11) is 1.51. The highest BCUT2D eigenvalue weighted by molar-refractivity contribution is 5.92. The number of likely N-dealkylation sites (tertiary alicyclic amines) is 2. The number of benzene rings is 1. The quantitative estimate of drug-likeness (QED) is 0.158. The van der Waals surface area contributed by atoms with Crippen molar-refractivity contribution in [3.05, 3.63) is 48.0 Å². The van der Waals surface area contributed by atoms with Crippen LogP contribution in [0.25, 0.3) is 0 Å². The Morgan fingerprint density at radius 1 is 1.02 bits per heavy atom. The van der Waals surface area contributed by atoms with E-state index >= 15 is 0 Å². The molecule has 3 N–H and O–H groups in total. The third-order valence-electron chi connectivity index (χ3n) is 9.68. The third-order valence-corrected chi connectivity index (χ3v) is 9.68. The largest absolute Gasteiger partial charge is 0.461 e. The first kappa shape index (κ1) is 39.4. The Balaban J connectivity index is 1.24. The highest BCUT2D eigenvalue weighted by atomic mass is 16.6. The lowest BCUT2D eigenvalue weighted by Crippen LogP contribution is -2.54. The van der Waals surface area contributed by atoms with Crippen LogP contribution in [0.3, 0.4) is 0 Å². The molecule has 2 heterocycles. The Morgan fingerprint density at radius 3 is 2.41 bits per heavy atom. The van der Waals surface area contributed by atoms with Crippen molar-refractivity contribution in [3.8, 4) is 0 Å². The number of rotatable bonds is 15. The predicted molar refractivity (Wildman–Crippen MR) is 189 cm³/mol. The van der Waals surface area contributed by atoms with Crippen molar-refractivity contribution in [2.24, 2.45) is 17.6 Å². The standard InChI is InChI=1S/C38H55N5O8/c1-25(44)50-28-22-32(33(39)45)43(24-28)36(48)31(41(5)37(49)51-38(2,3)4)18-13-8-6-7-12-17-27-21-29(27)35(47)42-20-14-19-30(42)34(46)40-23-26-15-10-9-11-16-26/h9-12,15-17,27-32H,6-8,13-14,18-24H2,1-5H3,(H2,39,45)(H,40,46)/b17-12-/t27-,28?,29+,30-,31?,32+/m1/s1. The zero-order chi connectivity index (χ0) is 37.3. The Morgan fingerprint density at radius 2 is 1.75 bits per heavy atom. The van der Waals surface area contributed by atoms with Crippen LogP contribution in [0.5, 0.6) is 0 Å². The number of nitrogens with zero attached hydrogens (tertiary/aromatic N) is 3. The summed E-state index contributed by atoms with van der Waals surface area (Å²) in [4.78, 5) is 81.2. The van der Waals surface area contributed by atoms with Crippen LogP contribution in [0.1, 0.15) is 91.0 Å². The zero-order valence-electron chi connectivity index (χ0n) is 30.7. The Bertz CT molecular complexity index is 1440. The van der Waals surface area contributed by atoms with Gasteiger partial charge in [0, 0.05) is 39.4 Å². The molecule has 280 valence electrons. The molecular formula is C38H55N5O8. The van der Waals surface area contributed by atoms with E-state index in [4.69, 9.17) is 15.2 Å². The fraction of sp³-hybridized carbons (Fsp3) is 0.632. The molecule has 13 heteroatoms. The minimum atomic E-state index is -0.951. The highest BCUT2D eigenvalue weighted by Crippen LogP contribution is 2.42. The number of nitrogens with one attached hydrogen (secondary N) is 1. The van der Waals surface area contributed by atoms with Crippen molar-refractivity contribution in [1.82, 2.24) is 20.0 Å². The molecule has 2 unspecified atom stereocenters. The molecule has 1 aromatic rings. The van der Waals surface area contributed by atoms with E-state index in [0.717, 1.165) is 37.7 Å². The molecule has 4 rings (SSSR count). The van der Waals surface area contributed by atoms with Crippen LogP contribution in [-0.4, -0.2) is 100 Å². The number of nitrogens with two attached hydrogens (primary N) is 1. The van der Waals surface area contributed by atoms with Gasteiger partial charge in [-0.05, 0) is 70.8 Å². The first-order valence-electron chi connectivity index (χ1n) is 18.2. The summed E-state index contributed by atoms with van der Waals surface area (Å²) in [5.74, 6) is -1.62. The lowest BCUT2D eigenvalue weighted by Gasteiger charge is -2.33. The van der Waals surface area contributed by atoms with Gasteiger partial charge in [0.25, 0.3) is 0 Å². The molecule has 1 saturated carbocycles. The van der Waals surface area contributed by atoms with Crippen LogP contribution >= 0.6 is 0 Å². The van der Waals surface area contributed by atoms with Crippen molar-refractivity contribution < 1.29 is 38.2 Å².